The van der Waals surface area contributed by atoms with Crippen LogP contribution in [0.15, 0.2) is 0 Å². The molecule has 0 radical (unpaired) electrons. The van der Waals surface area contributed by atoms with Crippen molar-refractivity contribution in [2.75, 3.05) is 13.2 Å². The first-order valence-electron chi connectivity index (χ1n) is 13.6. The van der Waals surface area contributed by atoms with E-state index in [0.717, 1.165) is 12.8 Å². The zero-order valence-electron chi connectivity index (χ0n) is 20.0. The van der Waals surface area contributed by atoms with E-state index in [1.54, 1.807) is 0 Å². The number of hydrogen-bond acceptors (Lipinski definition) is 2. The van der Waals surface area contributed by atoms with Gasteiger partial charge in [-0.05, 0) is 12.8 Å². The molecule has 0 fully saturated rings. The van der Waals surface area contributed by atoms with E-state index in [4.69, 9.17) is 10.2 Å². The van der Waals surface area contributed by atoms with Crippen molar-refractivity contribution in [1.82, 2.24) is 0 Å². The second-order valence-corrected chi connectivity index (χ2v) is 9.29. The molecule has 0 aromatic heterocycles. The van der Waals surface area contributed by atoms with E-state index in [9.17, 15) is 0 Å². The Morgan fingerprint density at radius 1 is 0.172 bits per heavy atom. The molecule has 176 valence electrons. The molecule has 0 unspecified atom stereocenters. The van der Waals surface area contributed by atoms with Gasteiger partial charge in [-0.3, -0.25) is 0 Å². The lowest BCUT2D eigenvalue weighted by Gasteiger charge is -2.04. The third kappa shape index (κ3) is 27.9. The van der Waals surface area contributed by atoms with E-state index in [1.807, 2.05) is 0 Å². The standard InChI is InChI=1S/C27H56O2/c28-26-24-22-20-18-16-14-12-10-8-6-4-2-1-3-5-7-9-11-13-15-17-19-21-23-25-27-29/h28-29H,1-27H2. The van der Waals surface area contributed by atoms with Crippen LogP contribution in [0.4, 0.5) is 0 Å². The third-order valence-corrected chi connectivity index (χ3v) is 6.32. The molecule has 2 heteroatoms. The van der Waals surface area contributed by atoms with Gasteiger partial charge in [0.15, 0.2) is 0 Å². The van der Waals surface area contributed by atoms with Gasteiger partial charge in [-0.1, -0.05) is 148 Å². The van der Waals surface area contributed by atoms with Gasteiger partial charge in [-0.2, -0.15) is 0 Å². The van der Waals surface area contributed by atoms with Gasteiger partial charge in [0.2, 0.25) is 0 Å². The number of aliphatic hydroxyl groups excluding tert-OH is 2. The second-order valence-electron chi connectivity index (χ2n) is 9.29. The number of rotatable bonds is 26. The molecule has 0 bridgehead atoms. The summed E-state index contributed by atoms with van der Waals surface area (Å²) < 4.78 is 0. The summed E-state index contributed by atoms with van der Waals surface area (Å²) in [5.41, 5.74) is 0. The Bertz CT molecular complexity index is 241. The van der Waals surface area contributed by atoms with Crippen LogP contribution in [0, 0.1) is 0 Å². The monoisotopic (exact) mass is 412 g/mol. The van der Waals surface area contributed by atoms with E-state index in [0.29, 0.717) is 13.2 Å². The van der Waals surface area contributed by atoms with Gasteiger partial charge in [-0.25, -0.2) is 0 Å². The van der Waals surface area contributed by atoms with Crippen molar-refractivity contribution < 1.29 is 10.2 Å². The Kier molecular flexibility index (Phi) is 27.8. The van der Waals surface area contributed by atoms with Crippen molar-refractivity contribution in [2.24, 2.45) is 0 Å². The number of unbranched alkanes of at least 4 members (excludes halogenated alkanes) is 24. The fraction of sp³-hybridized carbons (Fsp3) is 1.00. The predicted molar refractivity (Wildman–Crippen MR) is 130 cm³/mol. The van der Waals surface area contributed by atoms with Crippen molar-refractivity contribution in [3.63, 3.8) is 0 Å². The molecule has 0 aliphatic heterocycles. The summed E-state index contributed by atoms with van der Waals surface area (Å²) in [4.78, 5) is 0. The predicted octanol–water partition coefficient (Wildman–Crippen LogP) is 8.72. The minimum atomic E-state index is 0.369. The highest BCUT2D eigenvalue weighted by Crippen LogP contribution is 2.15. The average molecular weight is 413 g/mol. The van der Waals surface area contributed by atoms with E-state index >= 15 is 0 Å². The van der Waals surface area contributed by atoms with Crippen LogP contribution in [0.25, 0.3) is 0 Å². The Labute approximate surface area is 184 Å². The Morgan fingerprint density at radius 3 is 0.379 bits per heavy atom. The normalized spacial score (nSPS) is 11.4. The number of aliphatic hydroxyl groups is 2. The molecular weight excluding hydrogens is 356 g/mol. The van der Waals surface area contributed by atoms with Gasteiger partial charge < -0.3 is 10.2 Å². The Hall–Kier alpha value is -0.0800. The highest BCUT2D eigenvalue weighted by atomic mass is 16.3. The van der Waals surface area contributed by atoms with Crippen LogP contribution in [0.5, 0.6) is 0 Å². The van der Waals surface area contributed by atoms with E-state index in [2.05, 4.69) is 0 Å². The van der Waals surface area contributed by atoms with Crippen LogP contribution in [-0.4, -0.2) is 23.4 Å². The average Bonchev–Trinajstić information content (AvgIpc) is 2.74. The van der Waals surface area contributed by atoms with Crippen molar-refractivity contribution in [2.45, 2.75) is 161 Å². The maximum atomic E-state index is 8.74. The molecule has 2 nitrogen and oxygen atoms in total. The fourth-order valence-corrected chi connectivity index (χ4v) is 4.29. The molecule has 0 aromatic rings. The van der Waals surface area contributed by atoms with Crippen molar-refractivity contribution in [3.8, 4) is 0 Å². The highest BCUT2D eigenvalue weighted by molar-refractivity contribution is 4.51. The summed E-state index contributed by atoms with van der Waals surface area (Å²) in [6.45, 7) is 0.739. The zero-order chi connectivity index (χ0) is 21.1. The summed E-state index contributed by atoms with van der Waals surface area (Å²) in [5, 5.41) is 17.5. The molecule has 2 N–H and O–H groups in total. The van der Waals surface area contributed by atoms with Crippen molar-refractivity contribution >= 4 is 0 Å². The molecule has 0 aromatic carbocycles. The van der Waals surface area contributed by atoms with E-state index in [1.165, 1.54) is 148 Å². The van der Waals surface area contributed by atoms with Gasteiger partial charge >= 0.3 is 0 Å². The molecule has 0 saturated carbocycles. The van der Waals surface area contributed by atoms with E-state index in [-0.39, 0.29) is 0 Å². The minimum absolute atomic E-state index is 0.369. The van der Waals surface area contributed by atoms with Gasteiger partial charge in [-0.15, -0.1) is 0 Å². The molecule has 0 aliphatic carbocycles. The molecule has 0 heterocycles. The zero-order valence-corrected chi connectivity index (χ0v) is 20.0. The maximum absolute atomic E-state index is 8.74. The largest absolute Gasteiger partial charge is 0.396 e. The van der Waals surface area contributed by atoms with Crippen molar-refractivity contribution in [3.05, 3.63) is 0 Å². The first kappa shape index (κ1) is 28.9. The molecule has 0 rings (SSSR count). The highest BCUT2D eigenvalue weighted by Gasteiger charge is 1.96. The molecule has 0 aliphatic rings. The smallest absolute Gasteiger partial charge is 0.0431 e. The Morgan fingerprint density at radius 2 is 0.276 bits per heavy atom. The van der Waals surface area contributed by atoms with Crippen LogP contribution in [-0.2, 0) is 0 Å². The molecular formula is C27H56O2. The molecule has 0 atom stereocenters. The lowest BCUT2D eigenvalue weighted by atomic mass is 10.0. The fourth-order valence-electron chi connectivity index (χ4n) is 4.29. The first-order chi connectivity index (χ1) is 14.4. The molecule has 29 heavy (non-hydrogen) atoms. The second kappa shape index (κ2) is 27.9. The first-order valence-corrected chi connectivity index (χ1v) is 13.6. The molecule has 0 spiro atoms. The van der Waals surface area contributed by atoms with Crippen molar-refractivity contribution in [1.29, 1.82) is 0 Å². The SMILES string of the molecule is OCCCCCCCCCCCCCCCCCCCCCCCCCCCO. The summed E-state index contributed by atoms with van der Waals surface area (Å²) in [7, 11) is 0. The summed E-state index contributed by atoms with van der Waals surface area (Å²) in [6, 6.07) is 0. The van der Waals surface area contributed by atoms with Gasteiger partial charge in [0.1, 0.15) is 0 Å². The lowest BCUT2D eigenvalue weighted by Crippen LogP contribution is -1.85. The van der Waals surface area contributed by atoms with Crippen LogP contribution in [0.3, 0.4) is 0 Å². The molecule has 0 amide bonds. The maximum Gasteiger partial charge on any atom is 0.0431 e. The van der Waals surface area contributed by atoms with E-state index < -0.39 is 0 Å². The van der Waals surface area contributed by atoms with Crippen LogP contribution >= 0.6 is 0 Å². The van der Waals surface area contributed by atoms with Gasteiger partial charge in [0.05, 0.1) is 0 Å². The molecule has 0 saturated heterocycles. The van der Waals surface area contributed by atoms with Gasteiger partial charge in [0, 0.05) is 13.2 Å². The summed E-state index contributed by atoms with van der Waals surface area (Å²) >= 11 is 0. The quantitative estimate of drug-likeness (QED) is 0.139. The van der Waals surface area contributed by atoms with Crippen LogP contribution in [0.1, 0.15) is 161 Å². The Balaban J connectivity index is 2.97. The summed E-state index contributed by atoms with van der Waals surface area (Å²) in [5.74, 6) is 0. The topological polar surface area (TPSA) is 40.5 Å². The minimum Gasteiger partial charge on any atom is -0.396 e. The van der Waals surface area contributed by atoms with Crippen LogP contribution < -0.4 is 0 Å². The number of hydrogen-bond donors (Lipinski definition) is 2. The third-order valence-electron chi connectivity index (χ3n) is 6.32. The summed E-state index contributed by atoms with van der Waals surface area (Å²) in [6.07, 6.45) is 34.3. The van der Waals surface area contributed by atoms with Gasteiger partial charge in [0.25, 0.3) is 0 Å². The van der Waals surface area contributed by atoms with Crippen LogP contribution in [0.2, 0.25) is 0 Å². The lowest BCUT2D eigenvalue weighted by molar-refractivity contribution is 0.282.